The van der Waals surface area contributed by atoms with Crippen molar-refractivity contribution in [3.05, 3.63) is 11.6 Å². The lowest BCUT2D eigenvalue weighted by molar-refractivity contribution is -0.421. The molecule has 0 aromatic heterocycles. The van der Waals surface area contributed by atoms with Gasteiger partial charge in [-0.25, -0.2) is 0 Å². The van der Waals surface area contributed by atoms with Gasteiger partial charge in [-0.3, -0.25) is 0 Å². The van der Waals surface area contributed by atoms with Crippen LogP contribution in [0.1, 0.15) is 65.2 Å². The average Bonchev–Trinajstić information content (AvgIpc) is 3.05. The lowest BCUT2D eigenvalue weighted by Gasteiger charge is -2.83. The molecule has 5 nitrogen and oxygen atoms in total. The van der Waals surface area contributed by atoms with E-state index in [0.717, 1.165) is 32.1 Å². The Labute approximate surface area is 166 Å². The Bertz CT molecular complexity index is 784. The number of ether oxygens (including phenoxy) is 3. The zero-order valence-corrected chi connectivity index (χ0v) is 16.9. The van der Waals surface area contributed by atoms with Crippen molar-refractivity contribution >= 4 is 0 Å². The molecule has 0 bridgehead atoms. The van der Waals surface area contributed by atoms with Crippen molar-refractivity contribution in [2.45, 2.75) is 100 Å². The van der Waals surface area contributed by atoms with Crippen molar-refractivity contribution in [1.82, 2.24) is 0 Å². The fourth-order valence-corrected chi connectivity index (χ4v) is 9.79. The number of fused-ring (bicyclic) bond motifs is 3. The van der Waals surface area contributed by atoms with Gasteiger partial charge in [-0.15, -0.1) is 0 Å². The summed E-state index contributed by atoms with van der Waals surface area (Å²) in [5, 5.41) is 22.5. The van der Waals surface area contributed by atoms with Crippen LogP contribution in [0.25, 0.3) is 0 Å². The fraction of sp³-hybridized carbons (Fsp3) is 0.913. The molecule has 5 heteroatoms. The van der Waals surface area contributed by atoms with Crippen molar-refractivity contribution in [2.75, 3.05) is 6.61 Å². The summed E-state index contributed by atoms with van der Waals surface area (Å²) in [6.45, 7) is 3.81. The minimum absolute atomic E-state index is 0.00464. The van der Waals surface area contributed by atoms with E-state index in [1.54, 1.807) is 0 Å². The van der Waals surface area contributed by atoms with Gasteiger partial charge < -0.3 is 24.4 Å². The molecule has 28 heavy (non-hydrogen) atoms. The van der Waals surface area contributed by atoms with Crippen molar-refractivity contribution in [2.24, 2.45) is 23.2 Å². The summed E-state index contributed by atoms with van der Waals surface area (Å²) in [7, 11) is 0. The predicted octanol–water partition coefficient (Wildman–Crippen LogP) is 2.69. The molecule has 7 rings (SSSR count). The lowest BCUT2D eigenvalue weighted by Crippen LogP contribution is -2.95. The molecule has 2 saturated heterocycles. The topological polar surface area (TPSA) is 68.2 Å². The number of hydrogen-bond acceptors (Lipinski definition) is 5. The van der Waals surface area contributed by atoms with Gasteiger partial charge >= 0.3 is 0 Å². The minimum atomic E-state index is -1.11. The predicted molar refractivity (Wildman–Crippen MR) is 100 cm³/mol. The summed E-state index contributed by atoms with van der Waals surface area (Å²) in [4.78, 5) is 0. The molecule has 7 aliphatic rings. The number of aliphatic hydroxyl groups is 2. The van der Waals surface area contributed by atoms with E-state index in [1.165, 1.54) is 19.3 Å². The summed E-state index contributed by atoms with van der Waals surface area (Å²) in [6, 6.07) is 0. The van der Waals surface area contributed by atoms with Crippen LogP contribution in [0.4, 0.5) is 0 Å². The van der Waals surface area contributed by atoms with Gasteiger partial charge in [0.1, 0.15) is 17.3 Å². The van der Waals surface area contributed by atoms with Crippen LogP contribution in [0.2, 0.25) is 0 Å². The molecule has 8 atom stereocenters. The minimum Gasteiger partial charge on any atom is -0.392 e. The maximum atomic E-state index is 12.2. The van der Waals surface area contributed by atoms with E-state index in [-0.39, 0.29) is 29.8 Å². The molecule has 0 unspecified atom stereocenters. The fourth-order valence-electron chi connectivity index (χ4n) is 9.79. The van der Waals surface area contributed by atoms with Gasteiger partial charge in [0.2, 0.25) is 0 Å². The Morgan fingerprint density at radius 2 is 1.82 bits per heavy atom. The van der Waals surface area contributed by atoms with Gasteiger partial charge in [-0.1, -0.05) is 31.8 Å². The lowest BCUT2D eigenvalue weighted by atomic mass is 9.21. The van der Waals surface area contributed by atoms with E-state index >= 15 is 0 Å². The molecule has 3 spiro atoms. The second-order valence-corrected chi connectivity index (χ2v) is 11.1. The monoisotopic (exact) mass is 388 g/mol. The maximum absolute atomic E-state index is 12.2. The average molecular weight is 389 g/mol. The highest BCUT2D eigenvalue weighted by molar-refractivity contribution is 5.53. The first-order valence-electron chi connectivity index (χ1n) is 11.5. The summed E-state index contributed by atoms with van der Waals surface area (Å²) < 4.78 is 19.9. The van der Waals surface area contributed by atoms with E-state index in [0.29, 0.717) is 23.3 Å². The normalized spacial score (nSPS) is 58.9. The summed E-state index contributed by atoms with van der Waals surface area (Å²) in [5.74, 6) is 0.525. The number of rotatable bonds is 1. The Kier molecular flexibility index (Phi) is 2.91. The molecule has 2 aliphatic heterocycles. The first-order valence-corrected chi connectivity index (χ1v) is 11.5. The second kappa shape index (κ2) is 4.72. The Morgan fingerprint density at radius 3 is 2.57 bits per heavy atom. The highest BCUT2D eigenvalue weighted by Crippen LogP contribution is 2.88. The molecular weight excluding hydrogens is 356 g/mol. The first kappa shape index (κ1) is 17.2. The summed E-state index contributed by atoms with van der Waals surface area (Å²) in [5.41, 5.74) is -1.19. The van der Waals surface area contributed by atoms with Crippen molar-refractivity contribution < 1.29 is 24.4 Å². The van der Waals surface area contributed by atoms with Gasteiger partial charge in [-0.2, -0.15) is 0 Å². The van der Waals surface area contributed by atoms with E-state index in [2.05, 4.69) is 6.08 Å². The molecule has 0 radical (unpaired) electrons. The van der Waals surface area contributed by atoms with Crippen LogP contribution in [-0.4, -0.2) is 51.6 Å². The van der Waals surface area contributed by atoms with Gasteiger partial charge in [-0.05, 0) is 56.9 Å². The van der Waals surface area contributed by atoms with E-state index in [1.807, 2.05) is 13.8 Å². The Hall–Kier alpha value is -0.460. The molecular formula is C23H32O5. The molecule has 2 heterocycles. The smallest absolute Gasteiger partial charge is 0.164 e. The van der Waals surface area contributed by atoms with Crippen LogP contribution in [0.5, 0.6) is 0 Å². The highest BCUT2D eigenvalue weighted by Gasteiger charge is 2.97. The van der Waals surface area contributed by atoms with Gasteiger partial charge in [0.25, 0.3) is 0 Å². The summed E-state index contributed by atoms with van der Waals surface area (Å²) in [6.07, 6.45) is 11.0. The molecule has 5 aliphatic carbocycles. The number of aliphatic hydroxyl groups excluding tert-OH is 1. The van der Waals surface area contributed by atoms with Crippen LogP contribution in [0.15, 0.2) is 11.6 Å². The third-order valence-electron chi connectivity index (χ3n) is 10.0. The summed E-state index contributed by atoms with van der Waals surface area (Å²) >= 11 is 0. The second-order valence-electron chi connectivity index (χ2n) is 11.1. The molecule has 154 valence electrons. The molecule has 0 amide bonds. The Balaban J connectivity index is 1.44. The van der Waals surface area contributed by atoms with Crippen molar-refractivity contribution in [3.63, 3.8) is 0 Å². The standard InChI is InChI=1S/C23H32O5/c1-19(2)27-18-21(28-19)10-6-7-14-16-17-15(26-20(16)8-4-3-5-9-20)11-13(12-24)23(18,25)22(14,17)21/h11,14-18,24-25H,3-10,12H2,1-2H3/t14-,15+,16-,17-,18-,21+,22+,23+/m1/s1. The van der Waals surface area contributed by atoms with Crippen LogP contribution in [0, 0.1) is 23.2 Å². The van der Waals surface area contributed by atoms with Gasteiger partial charge in [0, 0.05) is 11.3 Å². The van der Waals surface area contributed by atoms with Crippen LogP contribution < -0.4 is 0 Å². The zero-order chi connectivity index (χ0) is 19.2. The van der Waals surface area contributed by atoms with E-state index < -0.39 is 17.0 Å². The van der Waals surface area contributed by atoms with Crippen LogP contribution in [0.3, 0.4) is 0 Å². The van der Waals surface area contributed by atoms with Gasteiger partial charge in [0.15, 0.2) is 5.79 Å². The first-order chi connectivity index (χ1) is 13.4. The van der Waals surface area contributed by atoms with Crippen molar-refractivity contribution in [1.29, 1.82) is 0 Å². The maximum Gasteiger partial charge on any atom is 0.164 e. The van der Waals surface area contributed by atoms with Crippen molar-refractivity contribution in [3.8, 4) is 0 Å². The van der Waals surface area contributed by atoms with Crippen LogP contribution in [-0.2, 0) is 14.2 Å². The van der Waals surface area contributed by atoms with Gasteiger partial charge in [0.05, 0.1) is 18.3 Å². The van der Waals surface area contributed by atoms with Crippen LogP contribution >= 0.6 is 0 Å². The third kappa shape index (κ3) is 1.41. The van der Waals surface area contributed by atoms with E-state index in [9.17, 15) is 10.2 Å². The zero-order valence-electron chi connectivity index (χ0n) is 16.9. The molecule has 2 N–H and O–H groups in total. The van der Waals surface area contributed by atoms with E-state index in [4.69, 9.17) is 14.2 Å². The quantitative estimate of drug-likeness (QED) is 0.676. The third-order valence-corrected chi connectivity index (χ3v) is 10.0. The highest BCUT2D eigenvalue weighted by atomic mass is 16.8. The molecule has 4 saturated carbocycles. The number of hydrogen-bond donors (Lipinski definition) is 2. The molecule has 0 aromatic rings. The SMILES string of the molecule is CC1(C)O[C@@H]2[C@]3(CCC[C@@H]4[C@@H]5[C@H]6[C@H](C=C(CO)[C@@]2(O)[C@]643)OC52CCCCC2)O1. The largest absolute Gasteiger partial charge is 0.392 e. The molecule has 6 fully saturated rings. The molecule has 0 aromatic carbocycles. The Morgan fingerprint density at radius 1 is 1.04 bits per heavy atom.